The van der Waals surface area contributed by atoms with Gasteiger partial charge in [-0.15, -0.1) is 0 Å². The van der Waals surface area contributed by atoms with Crippen molar-refractivity contribution in [2.75, 3.05) is 13.1 Å². The van der Waals surface area contributed by atoms with Crippen molar-refractivity contribution in [3.63, 3.8) is 0 Å². The molecule has 1 aromatic carbocycles. The Morgan fingerprint density at radius 1 is 1.44 bits per heavy atom. The normalized spacial score (nSPS) is 20.6. The molecule has 3 heteroatoms. The molecule has 1 heterocycles. The minimum Gasteiger partial charge on any atom is -0.299 e. The van der Waals surface area contributed by atoms with Crippen LogP contribution in [0.2, 0.25) is 0 Å². The van der Waals surface area contributed by atoms with Crippen molar-refractivity contribution in [2.45, 2.75) is 32.7 Å². The highest BCUT2D eigenvalue weighted by Gasteiger charge is 2.18. The van der Waals surface area contributed by atoms with Crippen molar-refractivity contribution >= 4 is 0 Å². The van der Waals surface area contributed by atoms with Crippen molar-refractivity contribution in [1.29, 1.82) is 5.26 Å². The fraction of sp³-hybridized carbons (Fsp3) is 0.533. The van der Waals surface area contributed by atoms with E-state index in [0.717, 1.165) is 31.1 Å². The summed E-state index contributed by atoms with van der Waals surface area (Å²) in [6, 6.07) is 6.62. The molecular formula is C15H19FN2. The van der Waals surface area contributed by atoms with Crippen LogP contribution >= 0.6 is 0 Å². The Hall–Kier alpha value is -1.40. The molecule has 1 atom stereocenters. The van der Waals surface area contributed by atoms with Gasteiger partial charge in [0.05, 0.1) is 11.6 Å². The van der Waals surface area contributed by atoms with Crippen molar-refractivity contribution in [1.82, 2.24) is 4.90 Å². The van der Waals surface area contributed by atoms with E-state index in [1.807, 2.05) is 6.07 Å². The molecule has 0 saturated carbocycles. The third-order valence-corrected chi connectivity index (χ3v) is 3.67. The van der Waals surface area contributed by atoms with Crippen LogP contribution in [0.1, 0.15) is 37.3 Å². The summed E-state index contributed by atoms with van der Waals surface area (Å²) in [5.74, 6) is 0.454. The number of nitriles is 1. The lowest BCUT2D eigenvalue weighted by atomic mass is 9.95. The molecule has 1 unspecified atom stereocenters. The van der Waals surface area contributed by atoms with Crippen LogP contribution in [0, 0.1) is 23.1 Å². The summed E-state index contributed by atoms with van der Waals surface area (Å²) in [6.45, 7) is 5.15. The van der Waals surface area contributed by atoms with Gasteiger partial charge in [-0.25, -0.2) is 4.39 Å². The third kappa shape index (κ3) is 3.30. The van der Waals surface area contributed by atoms with Gasteiger partial charge in [0.25, 0.3) is 0 Å². The van der Waals surface area contributed by atoms with Gasteiger partial charge in [-0.05, 0) is 49.1 Å². The lowest BCUT2D eigenvalue weighted by molar-refractivity contribution is 0.164. The summed E-state index contributed by atoms with van der Waals surface area (Å²) in [6.07, 6.45) is 3.74. The van der Waals surface area contributed by atoms with E-state index in [1.54, 1.807) is 6.07 Å². The Bertz CT molecular complexity index is 450. The summed E-state index contributed by atoms with van der Waals surface area (Å²) in [4.78, 5) is 2.37. The monoisotopic (exact) mass is 246 g/mol. The molecule has 96 valence electrons. The largest absolute Gasteiger partial charge is 0.299 e. The van der Waals surface area contributed by atoms with Crippen LogP contribution in [-0.2, 0) is 6.54 Å². The van der Waals surface area contributed by atoms with Gasteiger partial charge in [0.1, 0.15) is 5.82 Å². The molecule has 0 radical (unpaired) electrons. The van der Waals surface area contributed by atoms with Crippen LogP contribution in [0.5, 0.6) is 0 Å². The number of rotatable bonds is 3. The van der Waals surface area contributed by atoms with Gasteiger partial charge < -0.3 is 0 Å². The number of benzene rings is 1. The zero-order chi connectivity index (χ0) is 13.0. The number of halogens is 1. The average Bonchev–Trinajstić information content (AvgIpc) is 2.38. The molecule has 0 N–H and O–H groups in total. The van der Waals surface area contributed by atoms with E-state index in [1.165, 1.54) is 31.4 Å². The molecule has 0 aromatic heterocycles. The second-order valence-corrected chi connectivity index (χ2v) is 5.11. The first-order valence-corrected chi connectivity index (χ1v) is 6.63. The molecule has 0 bridgehead atoms. The zero-order valence-electron chi connectivity index (χ0n) is 10.8. The zero-order valence-corrected chi connectivity index (χ0v) is 10.8. The highest BCUT2D eigenvalue weighted by molar-refractivity contribution is 5.33. The first kappa shape index (κ1) is 13.0. The van der Waals surface area contributed by atoms with E-state index < -0.39 is 0 Å². The Balaban J connectivity index is 2.05. The lowest BCUT2D eigenvalue weighted by Gasteiger charge is -2.32. The summed E-state index contributed by atoms with van der Waals surface area (Å²) >= 11 is 0. The average molecular weight is 246 g/mol. The van der Waals surface area contributed by atoms with Crippen LogP contribution in [0.15, 0.2) is 18.2 Å². The van der Waals surface area contributed by atoms with Gasteiger partial charge in [0.2, 0.25) is 0 Å². The van der Waals surface area contributed by atoms with E-state index >= 15 is 0 Å². The van der Waals surface area contributed by atoms with Gasteiger partial charge >= 0.3 is 0 Å². The summed E-state index contributed by atoms with van der Waals surface area (Å²) < 4.78 is 13.3. The smallest absolute Gasteiger partial charge is 0.124 e. The summed E-state index contributed by atoms with van der Waals surface area (Å²) in [5.41, 5.74) is 1.32. The van der Waals surface area contributed by atoms with Gasteiger partial charge in [0, 0.05) is 13.1 Å². The first-order valence-electron chi connectivity index (χ1n) is 6.63. The van der Waals surface area contributed by atoms with Crippen LogP contribution in [0.4, 0.5) is 4.39 Å². The van der Waals surface area contributed by atoms with Gasteiger partial charge in [0.15, 0.2) is 0 Å². The summed E-state index contributed by atoms with van der Waals surface area (Å²) in [7, 11) is 0. The maximum atomic E-state index is 13.3. The van der Waals surface area contributed by atoms with Crippen LogP contribution in [0.3, 0.4) is 0 Å². The Morgan fingerprint density at radius 2 is 2.28 bits per heavy atom. The fourth-order valence-electron chi connectivity index (χ4n) is 2.69. The first-order chi connectivity index (χ1) is 8.71. The fourth-order valence-corrected chi connectivity index (χ4v) is 2.69. The van der Waals surface area contributed by atoms with E-state index in [-0.39, 0.29) is 5.82 Å². The number of piperidine rings is 1. The predicted molar refractivity (Wildman–Crippen MR) is 69.4 cm³/mol. The number of nitrogens with zero attached hydrogens (tertiary/aromatic N) is 2. The Labute approximate surface area is 108 Å². The molecule has 0 amide bonds. The summed E-state index contributed by atoms with van der Waals surface area (Å²) in [5, 5.41) is 8.84. The highest BCUT2D eigenvalue weighted by Crippen LogP contribution is 2.21. The predicted octanol–water partition coefficient (Wildman–Crippen LogP) is 3.32. The van der Waals surface area contributed by atoms with Gasteiger partial charge in [-0.1, -0.05) is 13.3 Å². The maximum absolute atomic E-state index is 13.3. The minimum atomic E-state index is -0.312. The molecule has 1 aliphatic rings. The molecule has 0 aliphatic carbocycles. The Kier molecular flexibility index (Phi) is 4.33. The number of hydrogen-bond donors (Lipinski definition) is 0. The SMILES string of the molecule is CCC1CCCN(Cc2cc(F)cc(C#N)c2)C1. The lowest BCUT2D eigenvalue weighted by Crippen LogP contribution is -2.34. The second-order valence-electron chi connectivity index (χ2n) is 5.11. The van der Waals surface area contributed by atoms with E-state index in [0.29, 0.717) is 5.56 Å². The van der Waals surface area contributed by atoms with E-state index in [9.17, 15) is 4.39 Å². The molecule has 18 heavy (non-hydrogen) atoms. The van der Waals surface area contributed by atoms with Crippen molar-refractivity contribution in [3.05, 3.63) is 35.1 Å². The quantitative estimate of drug-likeness (QED) is 0.818. The molecule has 2 rings (SSSR count). The molecule has 1 aliphatic heterocycles. The van der Waals surface area contributed by atoms with Gasteiger partial charge in [-0.3, -0.25) is 4.90 Å². The van der Waals surface area contributed by atoms with Crippen LogP contribution in [-0.4, -0.2) is 18.0 Å². The van der Waals surface area contributed by atoms with Crippen molar-refractivity contribution in [2.24, 2.45) is 5.92 Å². The van der Waals surface area contributed by atoms with Gasteiger partial charge in [-0.2, -0.15) is 5.26 Å². The van der Waals surface area contributed by atoms with E-state index in [2.05, 4.69) is 11.8 Å². The Morgan fingerprint density at radius 3 is 3.00 bits per heavy atom. The maximum Gasteiger partial charge on any atom is 0.124 e. The number of hydrogen-bond acceptors (Lipinski definition) is 2. The standard InChI is InChI=1S/C15H19FN2/c1-2-12-4-3-5-18(10-12)11-14-6-13(9-17)7-15(16)8-14/h6-8,12H,2-5,10-11H2,1H3. The molecule has 1 aromatic rings. The number of likely N-dealkylation sites (tertiary alicyclic amines) is 1. The molecule has 1 saturated heterocycles. The topological polar surface area (TPSA) is 27.0 Å². The highest BCUT2D eigenvalue weighted by atomic mass is 19.1. The second kappa shape index (κ2) is 5.97. The van der Waals surface area contributed by atoms with Crippen molar-refractivity contribution in [3.8, 4) is 6.07 Å². The molecule has 1 fully saturated rings. The van der Waals surface area contributed by atoms with E-state index in [4.69, 9.17) is 5.26 Å². The van der Waals surface area contributed by atoms with Crippen molar-refractivity contribution < 1.29 is 4.39 Å². The molecular weight excluding hydrogens is 227 g/mol. The minimum absolute atomic E-state index is 0.312. The molecule has 2 nitrogen and oxygen atoms in total. The molecule has 0 spiro atoms. The van der Waals surface area contributed by atoms with Crippen LogP contribution < -0.4 is 0 Å². The van der Waals surface area contributed by atoms with Crippen LogP contribution in [0.25, 0.3) is 0 Å². The third-order valence-electron chi connectivity index (χ3n) is 3.67.